The van der Waals surface area contributed by atoms with Crippen molar-refractivity contribution in [2.24, 2.45) is 5.92 Å². The molecule has 1 aromatic carbocycles. The van der Waals surface area contributed by atoms with Crippen molar-refractivity contribution in [3.8, 4) is 5.75 Å². The van der Waals surface area contributed by atoms with Gasteiger partial charge in [-0.25, -0.2) is 4.79 Å². The lowest BCUT2D eigenvalue weighted by Crippen LogP contribution is -2.55. The highest BCUT2D eigenvalue weighted by Crippen LogP contribution is 2.28. The van der Waals surface area contributed by atoms with Crippen LogP contribution in [0.5, 0.6) is 5.75 Å². The van der Waals surface area contributed by atoms with E-state index in [0.717, 1.165) is 56.8 Å². The Bertz CT molecular complexity index is 939. The van der Waals surface area contributed by atoms with Crippen LogP contribution >= 0.6 is 0 Å². The first kappa shape index (κ1) is 25.3. The fourth-order valence-electron chi connectivity index (χ4n) is 4.52. The summed E-state index contributed by atoms with van der Waals surface area (Å²) in [5, 5.41) is 0. The SMILES string of the molecule is CC(C)(C)OC(=O)N1CC[C@H]1COc1cncc(N2CCC(CCOCc3ccccc3)CC2)c1. The molecule has 4 rings (SSSR count). The van der Waals surface area contributed by atoms with Gasteiger partial charge in [-0.2, -0.15) is 0 Å². The molecule has 2 aliphatic heterocycles. The van der Waals surface area contributed by atoms with Gasteiger partial charge in [0.05, 0.1) is 30.7 Å². The van der Waals surface area contributed by atoms with Gasteiger partial charge in [-0.1, -0.05) is 30.3 Å². The van der Waals surface area contributed by atoms with E-state index in [9.17, 15) is 4.79 Å². The number of amides is 1. The van der Waals surface area contributed by atoms with Gasteiger partial charge in [-0.05, 0) is 57.9 Å². The van der Waals surface area contributed by atoms with Crippen LogP contribution in [0.3, 0.4) is 0 Å². The van der Waals surface area contributed by atoms with E-state index in [0.29, 0.717) is 25.7 Å². The summed E-state index contributed by atoms with van der Waals surface area (Å²) in [7, 11) is 0. The van der Waals surface area contributed by atoms with Crippen molar-refractivity contribution in [1.29, 1.82) is 0 Å². The van der Waals surface area contributed by atoms with E-state index in [-0.39, 0.29) is 12.1 Å². The Balaban J connectivity index is 1.17. The number of carbonyl (C=O) groups excluding carboxylic acids is 1. The highest BCUT2D eigenvalue weighted by atomic mass is 16.6. The molecule has 7 nitrogen and oxygen atoms in total. The zero-order chi connectivity index (χ0) is 24.7. The molecule has 2 saturated heterocycles. The van der Waals surface area contributed by atoms with E-state index < -0.39 is 5.60 Å². The number of aromatic nitrogens is 1. The average Bonchev–Trinajstić information content (AvgIpc) is 2.81. The maximum absolute atomic E-state index is 12.3. The lowest BCUT2D eigenvalue weighted by molar-refractivity contribution is -0.0141. The molecule has 0 aliphatic carbocycles. The lowest BCUT2D eigenvalue weighted by atomic mass is 9.94. The van der Waals surface area contributed by atoms with E-state index in [4.69, 9.17) is 14.2 Å². The number of rotatable bonds is 9. The number of pyridine rings is 1. The van der Waals surface area contributed by atoms with Crippen molar-refractivity contribution in [1.82, 2.24) is 9.88 Å². The number of hydrogen-bond donors (Lipinski definition) is 0. The molecule has 0 radical (unpaired) electrons. The van der Waals surface area contributed by atoms with E-state index in [1.165, 1.54) is 5.56 Å². The monoisotopic (exact) mass is 481 g/mol. The van der Waals surface area contributed by atoms with Gasteiger partial charge in [0.25, 0.3) is 0 Å². The fourth-order valence-corrected chi connectivity index (χ4v) is 4.52. The van der Waals surface area contributed by atoms with Crippen LogP contribution in [0.1, 0.15) is 52.0 Å². The normalized spacial score (nSPS) is 18.8. The number of nitrogens with zero attached hydrogens (tertiary/aromatic N) is 3. The van der Waals surface area contributed by atoms with Crippen LogP contribution in [0.4, 0.5) is 10.5 Å². The van der Waals surface area contributed by atoms with Crippen LogP contribution in [-0.4, -0.2) is 60.5 Å². The Labute approximate surface area is 209 Å². The molecular formula is C28H39N3O4. The van der Waals surface area contributed by atoms with Crippen molar-refractivity contribution in [3.63, 3.8) is 0 Å². The first-order valence-electron chi connectivity index (χ1n) is 12.8. The van der Waals surface area contributed by atoms with Crippen molar-refractivity contribution in [2.75, 3.05) is 37.7 Å². The quantitative estimate of drug-likeness (QED) is 0.453. The number of ether oxygens (including phenoxy) is 3. The highest BCUT2D eigenvalue weighted by Gasteiger charge is 2.35. The second-order valence-electron chi connectivity index (χ2n) is 10.6. The number of anilines is 1. The first-order chi connectivity index (χ1) is 16.9. The zero-order valence-corrected chi connectivity index (χ0v) is 21.3. The zero-order valence-electron chi connectivity index (χ0n) is 21.3. The van der Waals surface area contributed by atoms with Gasteiger partial charge in [-0.3, -0.25) is 4.98 Å². The van der Waals surface area contributed by atoms with Crippen LogP contribution in [0.25, 0.3) is 0 Å². The molecule has 2 aliphatic rings. The summed E-state index contributed by atoms with van der Waals surface area (Å²) in [4.78, 5) is 20.9. The topological polar surface area (TPSA) is 64.1 Å². The minimum Gasteiger partial charge on any atom is -0.490 e. The summed E-state index contributed by atoms with van der Waals surface area (Å²) in [6, 6.07) is 12.5. The molecule has 0 spiro atoms. The van der Waals surface area contributed by atoms with Gasteiger partial charge in [-0.15, -0.1) is 0 Å². The van der Waals surface area contributed by atoms with E-state index in [1.807, 2.05) is 33.0 Å². The molecule has 7 heteroatoms. The molecule has 190 valence electrons. The van der Waals surface area contributed by atoms with E-state index >= 15 is 0 Å². The standard InChI is InChI=1S/C28H39N3O4/c1-28(2,3)35-27(32)31-15-11-24(31)21-34-26-17-25(18-29-19-26)30-13-9-22(10-14-30)12-16-33-20-23-7-5-4-6-8-23/h4-8,17-19,22,24H,9-16,20-21H2,1-3H3/t24-/m0/s1. The molecule has 0 saturated carbocycles. The Morgan fingerprint density at radius 2 is 1.83 bits per heavy atom. The number of benzene rings is 1. The third kappa shape index (κ3) is 7.59. The molecule has 1 amide bonds. The van der Waals surface area contributed by atoms with Gasteiger partial charge in [0.15, 0.2) is 0 Å². The summed E-state index contributed by atoms with van der Waals surface area (Å²) in [6.45, 7) is 10.4. The van der Waals surface area contributed by atoms with Gasteiger partial charge >= 0.3 is 6.09 Å². The third-order valence-electron chi connectivity index (χ3n) is 6.67. The first-order valence-corrected chi connectivity index (χ1v) is 12.8. The molecular weight excluding hydrogens is 442 g/mol. The number of hydrogen-bond acceptors (Lipinski definition) is 6. The molecule has 1 aromatic heterocycles. The second kappa shape index (κ2) is 11.8. The highest BCUT2D eigenvalue weighted by molar-refractivity contribution is 5.69. The van der Waals surface area contributed by atoms with Gasteiger partial charge in [0.2, 0.25) is 0 Å². The van der Waals surface area contributed by atoms with E-state index in [2.05, 4.69) is 40.2 Å². The summed E-state index contributed by atoms with van der Waals surface area (Å²) < 4.78 is 17.4. The van der Waals surface area contributed by atoms with Crippen molar-refractivity contribution >= 4 is 11.8 Å². The Hall–Kier alpha value is -2.80. The Morgan fingerprint density at radius 1 is 1.06 bits per heavy atom. The summed E-state index contributed by atoms with van der Waals surface area (Å²) >= 11 is 0. The van der Waals surface area contributed by atoms with Gasteiger partial charge in [0, 0.05) is 32.3 Å². The number of likely N-dealkylation sites (tertiary alicyclic amines) is 1. The number of piperidine rings is 1. The smallest absolute Gasteiger partial charge is 0.410 e. The average molecular weight is 482 g/mol. The van der Waals surface area contributed by atoms with Gasteiger partial charge in [0.1, 0.15) is 18.0 Å². The molecule has 0 N–H and O–H groups in total. The van der Waals surface area contributed by atoms with Crippen molar-refractivity contribution in [3.05, 3.63) is 54.4 Å². The predicted octanol–water partition coefficient (Wildman–Crippen LogP) is 5.29. The molecule has 0 bridgehead atoms. The van der Waals surface area contributed by atoms with Crippen molar-refractivity contribution < 1.29 is 19.0 Å². The maximum Gasteiger partial charge on any atom is 0.410 e. The molecule has 1 atom stereocenters. The van der Waals surface area contributed by atoms with Crippen LogP contribution in [0.15, 0.2) is 48.8 Å². The van der Waals surface area contributed by atoms with Crippen LogP contribution < -0.4 is 9.64 Å². The predicted molar refractivity (Wildman–Crippen MR) is 137 cm³/mol. The Kier molecular flexibility index (Phi) is 8.50. The largest absolute Gasteiger partial charge is 0.490 e. The summed E-state index contributed by atoms with van der Waals surface area (Å²) in [5.41, 5.74) is 1.84. The maximum atomic E-state index is 12.3. The number of carbonyl (C=O) groups is 1. The molecule has 3 heterocycles. The van der Waals surface area contributed by atoms with Crippen LogP contribution in [-0.2, 0) is 16.1 Å². The molecule has 0 unspecified atom stereocenters. The second-order valence-corrected chi connectivity index (χ2v) is 10.6. The molecule has 2 fully saturated rings. The minimum atomic E-state index is -0.487. The van der Waals surface area contributed by atoms with Gasteiger partial charge < -0.3 is 24.0 Å². The van der Waals surface area contributed by atoms with E-state index in [1.54, 1.807) is 11.1 Å². The summed E-state index contributed by atoms with van der Waals surface area (Å²) in [5.74, 6) is 1.45. The molecule has 35 heavy (non-hydrogen) atoms. The lowest BCUT2D eigenvalue weighted by Gasteiger charge is -2.41. The molecule has 2 aromatic rings. The Morgan fingerprint density at radius 3 is 2.51 bits per heavy atom. The summed E-state index contributed by atoms with van der Waals surface area (Å²) in [6.07, 6.45) is 7.74. The fraction of sp³-hybridized carbons (Fsp3) is 0.571. The van der Waals surface area contributed by atoms with Crippen LogP contribution in [0, 0.1) is 5.92 Å². The van der Waals surface area contributed by atoms with Crippen LogP contribution in [0.2, 0.25) is 0 Å². The minimum absolute atomic E-state index is 0.0494. The van der Waals surface area contributed by atoms with Crippen molar-refractivity contribution in [2.45, 2.75) is 64.7 Å². The third-order valence-corrected chi connectivity index (χ3v) is 6.67.